The van der Waals surface area contributed by atoms with E-state index >= 15 is 0 Å². The predicted molar refractivity (Wildman–Crippen MR) is 141 cm³/mol. The molecule has 4 aliphatic carbocycles. The third-order valence-corrected chi connectivity index (χ3v) is 12.4. The van der Waals surface area contributed by atoms with Crippen LogP contribution in [-0.2, 0) is 29.5 Å². The van der Waals surface area contributed by atoms with Crippen molar-refractivity contribution < 1.29 is 40.0 Å². The first-order valence-electron chi connectivity index (χ1n) is 14.1. The lowest BCUT2D eigenvalue weighted by molar-refractivity contribution is -0.168. The molecule has 0 radical (unpaired) electrons. The van der Waals surface area contributed by atoms with Gasteiger partial charge in [0.15, 0.2) is 0 Å². The fourth-order valence-corrected chi connectivity index (χ4v) is 10.3. The first-order valence-corrected chi connectivity index (χ1v) is 17.1. The van der Waals surface area contributed by atoms with E-state index < -0.39 is 32.4 Å². The van der Waals surface area contributed by atoms with E-state index in [-0.39, 0.29) is 65.4 Å². The quantitative estimate of drug-likeness (QED) is 0.300. The number of hydrogen-bond acceptors (Lipinski definition) is 7. The summed E-state index contributed by atoms with van der Waals surface area (Å²) in [6.45, 7) is 6.65. The van der Waals surface area contributed by atoms with Crippen LogP contribution in [0, 0.1) is 46.3 Å². The van der Waals surface area contributed by atoms with Gasteiger partial charge in [0, 0.05) is 13.0 Å². The molecule has 4 fully saturated rings. The summed E-state index contributed by atoms with van der Waals surface area (Å²) < 4.78 is 69.4. The molecule has 4 N–H and O–H groups in total. The fraction of sp³-hybridized carbons (Fsp3) is 0.962. The molecule has 0 bridgehead atoms. The first-order chi connectivity index (χ1) is 17.5. The second-order valence-electron chi connectivity index (χ2n) is 13.1. The minimum Gasteiger partial charge on any atom is -0.393 e. The first kappa shape index (κ1) is 30.2. The smallest absolute Gasteiger partial charge is 0.393 e. The maximum Gasteiger partial charge on any atom is 0.397 e. The highest BCUT2D eigenvalue weighted by atomic mass is 32.3. The Kier molecular flexibility index (Phi) is 8.65. The van der Waals surface area contributed by atoms with Gasteiger partial charge in [-0.3, -0.25) is 13.9 Å². The van der Waals surface area contributed by atoms with Gasteiger partial charge >= 0.3 is 10.4 Å². The van der Waals surface area contributed by atoms with Gasteiger partial charge in [-0.25, -0.2) is 4.18 Å². The van der Waals surface area contributed by atoms with Crippen molar-refractivity contribution in [3.8, 4) is 0 Å². The number of rotatable bonds is 9. The Morgan fingerprint density at radius 2 is 1.66 bits per heavy atom. The Bertz CT molecular complexity index is 1100. The van der Waals surface area contributed by atoms with Crippen LogP contribution in [0.5, 0.6) is 0 Å². The average Bonchev–Trinajstić information content (AvgIpc) is 3.14. The standard InChI is InChI=1S/C26H45NO9S2/c1-16(4-7-23(29)27-12-13-37(30,31)32)19-5-6-20-24-21(9-11-26(19,20)3)25(2)10-8-18(28)14-17(25)15-22(24)36-38(33,34)35/h16-22,24,28H,4-15H2,1-3H3,(H,27,29)(H,30,31,32)(H,33,34,35)/t16-,17?,18-,19-,20+,21+,22-,24+,25+,26-/m1/s1. The van der Waals surface area contributed by atoms with Crippen LogP contribution in [0.25, 0.3) is 0 Å². The Labute approximate surface area is 227 Å². The van der Waals surface area contributed by atoms with Gasteiger partial charge in [-0.15, -0.1) is 0 Å². The van der Waals surface area contributed by atoms with E-state index in [9.17, 15) is 31.3 Å². The van der Waals surface area contributed by atoms with Crippen molar-refractivity contribution in [1.82, 2.24) is 5.32 Å². The molecule has 0 saturated heterocycles. The van der Waals surface area contributed by atoms with Gasteiger partial charge in [0.25, 0.3) is 10.1 Å². The summed E-state index contributed by atoms with van der Waals surface area (Å²) in [5.41, 5.74) is -0.0334. The summed E-state index contributed by atoms with van der Waals surface area (Å²) in [5, 5.41) is 12.9. The Balaban J connectivity index is 1.48. The monoisotopic (exact) mass is 579 g/mol. The van der Waals surface area contributed by atoms with Crippen molar-refractivity contribution in [2.45, 2.75) is 97.2 Å². The predicted octanol–water partition coefficient (Wildman–Crippen LogP) is 3.22. The van der Waals surface area contributed by atoms with E-state index in [2.05, 4.69) is 26.1 Å². The van der Waals surface area contributed by atoms with Crippen molar-refractivity contribution in [3.05, 3.63) is 0 Å². The van der Waals surface area contributed by atoms with Gasteiger partial charge in [0.05, 0.1) is 18.0 Å². The van der Waals surface area contributed by atoms with E-state index in [1.54, 1.807) is 0 Å². The lowest BCUT2D eigenvalue weighted by Gasteiger charge is -2.62. The second-order valence-corrected chi connectivity index (χ2v) is 15.7. The molecule has 4 saturated carbocycles. The Morgan fingerprint density at radius 1 is 1.00 bits per heavy atom. The van der Waals surface area contributed by atoms with Crippen LogP contribution >= 0.6 is 0 Å². The lowest BCUT2D eigenvalue weighted by Crippen LogP contribution is -2.59. The number of fused-ring (bicyclic) bond motifs is 5. The molecule has 12 heteroatoms. The number of aliphatic hydroxyl groups excluding tert-OH is 1. The number of amides is 1. The molecule has 38 heavy (non-hydrogen) atoms. The highest BCUT2D eigenvalue weighted by Crippen LogP contribution is 2.68. The maximum atomic E-state index is 12.3. The molecule has 10 nitrogen and oxygen atoms in total. The van der Waals surface area contributed by atoms with E-state index in [1.807, 2.05) is 0 Å². The molecule has 0 aromatic rings. The van der Waals surface area contributed by atoms with Crippen molar-refractivity contribution in [3.63, 3.8) is 0 Å². The summed E-state index contributed by atoms with van der Waals surface area (Å²) in [4.78, 5) is 12.3. The Morgan fingerprint density at radius 3 is 2.32 bits per heavy atom. The molecule has 0 aromatic carbocycles. The number of aliphatic hydroxyl groups is 1. The number of nitrogens with one attached hydrogen (secondary N) is 1. The molecule has 220 valence electrons. The number of carbonyl (C=O) groups is 1. The molecule has 4 aliphatic rings. The zero-order chi connectivity index (χ0) is 28.1. The SMILES string of the molecule is C[C@H](CCC(=O)NCCS(=O)(=O)O)[C@H]1CC[C@H]2[C@@H]3[C@H](OS(=O)(=O)O)CC4C[C@H](O)CC[C@]4(C)[C@H]3CC[C@]12C. The summed E-state index contributed by atoms with van der Waals surface area (Å²) in [7, 11) is -8.74. The van der Waals surface area contributed by atoms with Gasteiger partial charge in [-0.1, -0.05) is 20.8 Å². The zero-order valence-corrected chi connectivity index (χ0v) is 24.3. The van der Waals surface area contributed by atoms with Crippen molar-refractivity contribution in [1.29, 1.82) is 0 Å². The van der Waals surface area contributed by atoms with Gasteiger partial charge in [0.2, 0.25) is 5.91 Å². The van der Waals surface area contributed by atoms with Crippen LogP contribution in [0.3, 0.4) is 0 Å². The summed E-state index contributed by atoms with van der Waals surface area (Å²) in [6.07, 6.45) is 6.65. The molecule has 4 rings (SSSR count). The normalized spacial score (nSPS) is 42.0. The van der Waals surface area contributed by atoms with Gasteiger partial charge in [-0.2, -0.15) is 16.8 Å². The second kappa shape index (κ2) is 10.9. The van der Waals surface area contributed by atoms with E-state index in [1.165, 1.54) is 0 Å². The molecule has 0 aromatic heterocycles. The van der Waals surface area contributed by atoms with E-state index in [0.717, 1.165) is 38.5 Å². The molecule has 10 atom stereocenters. The Hall–Kier alpha value is -0.790. The highest BCUT2D eigenvalue weighted by Gasteiger charge is 2.63. The topological polar surface area (TPSA) is 167 Å². The van der Waals surface area contributed by atoms with Crippen LogP contribution in [0.4, 0.5) is 0 Å². The highest BCUT2D eigenvalue weighted by molar-refractivity contribution is 7.85. The van der Waals surface area contributed by atoms with Crippen molar-refractivity contribution in [2.24, 2.45) is 46.3 Å². The molecule has 0 spiro atoms. The maximum absolute atomic E-state index is 12.3. The molecular weight excluding hydrogens is 534 g/mol. The molecule has 1 unspecified atom stereocenters. The number of hydrogen-bond donors (Lipinski definition) is 4. The third kappa shape index (κ3) is 6.25. The summed E-state index contributed by atoms with van der Waals surface area (Å²) in [6, 6.07) is 0. The van der Waals surface area contributed by atoms with Crippen LogP contribution in [0.15, 0.2) is 0 Å². The summed E-state index contributed by atoms with van der Waals surface area (Å²) >= 11 is 0. The fourth-order valence-electron chi connectivity index (χ4n) is 9.37. The van der Waals surface area contributed by atoms with Gasteiger partial charge in [0.1, 0.15) is 0 Å². The van der Waals surface area contributed by atoms with Gasteiger partial charge in [-0.05, 0) is 104 Å². The van der Waals surface area contributed by atoms with Crippen LogP contribution in [0.1, 0.15) is 85.0 Å². The van der Waals surface area contributed by atoms with E-state index in [0.29, 0.717) is 25.2 Å². The van der Waals surface area contributed by atoms with Crippen molar-refractivity contribution in [2.75, 3.05) is 12.3 Å². The average molecular weight is 580 g/mol. The lowest BCUT2D eigenvalue weighted by atomic mass is 9.43. The minimum atomic E-state index is -4.62. The van der Waals surface area contributed by atoms with Crippen LogP contribution in [-0.4, -0.2) is 61.5 Å². The summed E-state index contributed by atoms with van der Waals surface area (Å²) in [5.74, 6) is 0.513. The largest absolute Gasteiger partial charge is 0.397 e. The molecule has 0 heterocycles. The molecule has 1 amide bonds. The zero-order valence-electron chi connectivity index (χ0n) is 22.7. The minimum absolute atomic E-state index is 0.00750. The third-order valence-electron chi connectivity index (χ3n) is 11.1. The molecule has 0 aliphatic heterocycles. The van der Waals surface area contributed by atoms with E-state index in [4.69, 9.17) is 8.74 Å². The van der Waals surface area contributed by atoms with Crippen LogP contribution < -0.4 is 5.32 Å². The van der Waals surface area contributed by atoms with Crippen molar-refractivity contribution >= 4 is 26.4 Å². The number of carbonyl (C=O) groups excluding carboxylic acids is 1. The van der Waals surface area contributed by atoms with Gasteiger partial charge < -0.3 is 10.4 Å². The molecular formula is C26H45NO9S2. The van der Waals surface area contributed by atoms with Crippen LogP contribution in [0.2, 0.25) is 0 Å².